The molecule has 0 aliphatic rings. The van der Waals surface area contributed by atoms with E-state index in [-0.39, 0.29) is 0 Å². The molecule has 0 aliphatic carbocycles. The molecule has 0 aliphatic heterocycles. The summed E-state index contributed by atoms with van der Waals surface area (Å²) in [6.45, 7) is 0. The van der Waals surface area contributed by atoms with Crippen molar-refractivity contribution in [3.8, 4) is 11.3 Å². The van der Waals surface area contributed by atoms with Gasteiger partial charge >= 0.3 is 0 Å². The van der Waals surface area contributed by atoms with Gasteiger partial charge in [0.2, 0.25) is 0 Å². The Hall–Kier alpha value is -2.19. The lowest BCUT2D eigenvalue weighted by Crippen LogP contribution is -1.93. The van der Waals surface area contributed by atoms with E-state index in [1.54, 1.807) is 39.6 Å². The van der Waals surface area contributed by atoms with Crippen LogP contribution in [0, 0.1) is 0 Å². The molecule has 0 saturated carbocycles. The molecule has 10 heteroatoms. The van der Waals surface area contributed by atoms with E-state index >= 15 is 0 Å². The highest BCUT2D eigenvalue weighted by Gasteiger charge is 2.07. The van der Waals surface area contributed by atoms with Crippen molar-refractivity contribution >= 4 is 62.0 Å². The molecule has 0 N–H and O–H groups in total. The monoisotopic (exact) mass is 494 g/mol. The van der Waals surface area contributed by atoms with E-state index in [1.807, 2.05) is 30.3 Å². The molecule has 140 valence electrons. The van der Waals surface area contributed by atoms with Crippen LogP contribution in [-0.4, -0.2) is 29.2 Å². The fraction of sp³-hybridized carbons (Fsp3) is 0. The third-order valence-electron chi connectivity index (χ3n) is 3.74. The zero-order valence-electron chi connectivity index (χ0n) is 14.0. The summed E-state index contributed by atoms with van der Waals surface area (Å²) in [6.07, 6.45) is 3.43. The maximum Gasteiger partial charge on any atom is 0.154 e. The van der Waals surface area contributed by atoms with Crippen LogP contribution in [0.15, 0.2) is 65.5 Å². The summed E-state index contributed by atoms with van der Waals surface area (Å²) < 4.78 is 4.13. The normalized spacial score (nSPS) is 10.9. The number of benzene rings is 1. The average molecular weight is 497 g/mol. The lowest BCUT2D eigenvalue weighted by Gasteiger charge is -2.01. The molecule has 0 spiro atoms. The number of imidazole rings is 2. The number of nitrogens with zero attached hydrogens (tertiary/aromatic N) is 6. The summed E-state index contributed by atoms with van der Waals surface area (Å²) >= 11 is 20.8. The van der Waals surface area contributed by atoms with Crippen LogP contribution < -0.4 is 0 Å². The molecule has 0 amide bonds. The van der Waals surface area contributed by atoms with Crippen LogP contribution in [0.4, 0.5) is 0 Å². The van der Waals surface area contributed by atoms with E-state index in [0.717, 1.165) is 27.2 Å². The second-order valence-corrected chi connectivity index (χ2v) is 7.61. The van der Waals surface area contributed by atoms with Crippen LogP contribution in [-0.2, 0) is 0 Å². The molecule has 0 unspecified atom stereocenters. The molecule has 6 nitrogen and oxygen atoms in total. The van der Waals surface area contributed by atoms with Crippen molar-refractivity contribution < 1.29 is 0 Å². The van der Waals surface area contributed by atoms with E-state index in [9.17, 15) is 0 Å². The number of hydrogen-bond acceptors (Lipinski definition) is 4. The van der Waals surface area contributed by atoms with Crippen LogP contribution in [0.1, 0.15) is 0 Å². The van der Waals surface area contributed by atoms with Gasteiger partial charge < -0.3 is 0 Å². The molecule has 0 saturated heterocycles. The molecular weight excluding hydrogens is 487 g/mol. The highest BCUT2D eigenvalue weighted by molar-refractivity contribution is 9.10. The van der Waals surface area contributed by atoms with Gasteiger partial charge in [-0.3, -0.25) is 0 Å². The summed E-state index contributed by atoms with van der Waals surface area (Å²) in [5, 5.41) is 9.79. The minimum atomic E-state index is 0.429. The van der Waals surface area contributed by atoms with Crippen LogP contribution in [0.2, 0.25) is 15.3 Å². The Kier molecular flexibility index (Phi) is 5.50. The van der Waals surface area contributed by atoms with E-state index in [2.05, 4.69) is 36.1 Å². The van der Waals surface area contributed by atoms with Gasteiger partial charge in [0.15, 0.2) is 11.3 Å². The van der Waals surface area contributed by atoms with Crippen molar-refractivity contribution in [2.75, 3.05) is 0 Å². The number of fused-ring (bicyclic) bond motifs is 2. The number of aromatic nitrogens is 6. The molecular formula is C18H10BrCl3N6. The minimum absolute atomic E-state index is 0.429. The van der Waals surface area contributed by atoms with Crippen molar-refractivity contribution in [3.05, 3.63) is 80.9 Å². The van der Waals surface area contributed by atoms with Crippen LogP contribution in [0.5, 0.6) is 0 Å². The Bertz CT molecular complexity index is 1280. The third-order valence-corrected chi connectivity index (χ3v) is 4.92. The van der Waals surface area contributed by atoms with Gasteiger partial charge in [-0.05, 0) is 52.3 Å². The van der Waals surface area contributed by atoms with Crippen LogP contribution in [0.25, 0.3) is 22.6 Å². The Morgan fingerprint density at radius 3 is 2.11 bits per heavy atom. The van der Waals surface area contributed by atoms with Gasteiger partial charge in [-0.15, -0.1) is 0 Å². The summed E-state index contributed by atoms with van der Waals surface area (Å²) in [5.74, 6) is 0. The summed E-state index contributed by atoms with van der Waals surface area (Å²) in [7, 11) is 0. The average Bonchev–Trinajstić information content (AvgIpc) is 3.26. The van der Waals surface area contributed by atoms with E-state index < -0.39 is 0 Å². The Labute approximate surface area is 182 Å². The zero-order chi connectivity index (χ0) is 19.7. The first-order valence-electron chi connectivity index (χ1n) is 7.93. The SMILES string of the molecule is Clc1ccc2ncc(Br)n2n1.Clc1cccc(-c2cnc3ccc(Cl)nn23)c1. The van der Waals surface area contributed by atoms with Gasteiger partial charge in [-0.2, -0.15) is 10.2 Å². The lowest BCUT2D eigenvalue weighted by molar-refractivity contribution is 0.916. The molecule has 0 radical (unpaired) electrons. The summed E-state index contributed by atoms with van der Waals surface area (Å²) in [5.41, 5.74) is 3.36. The predicted molar refractivity (Wildman–Crippen MR) is 114 cm³/mol. The van der Waals surface area contributed by atoms with Crippen molar-refractivity contribution in [3.63, 3.8) is 0 Å². The second-order valence-electron chi connectivity index (χ2n) is 5.59. The molecule has 0 bridgehead atoms. The highest BCUT2D eigenvalue weighted by atomic mass is 79.9. The van der Waals surface area contributed by atoms with Crippen LogP contribution in [0.3, 0.4) is 0 Å². The first kappa shape index (κ1) is 19.1. The van der Waals surface area contributed by atoms with Gasteiger partial charge in [0.05, 0.1) is 18.1 Å². The standard InChI is InChI=1S/C12H7Cl2N3.C6H3BrClN3/c13-9-3-1-2-8(6-9)10-7-15-12-5-4-11(14)16-17(10)12;7-4-3-9-6-2-1-5(8)10-11(4)6/h1-7H;1-3H. The number of rotatable bonds is 1. The minimum Gasteiger partial charge on any atom is -0.235 e. The zero-order valence-corrected chi connectivity index (χ0v) is 17.8. The molecule has 5 aromatic rings. The number of halogens is 4. The molecule has 4 aromatic heterocycles. The molecule has 4 heterocycles. The molecule has 0 atom stereocenters. The van der Waals surface area contributed by atoms with Gasteiger partial charge in [0.25, 0.3) is 0 Å². The number of hydrogen-bond donors (Lipinski definition) is 0. The Morgan fingerprint density at radius 2 is 1.39 bits per heavy atom. The van der Waals surface area contributed by atoms with E-state index in [0.29, 0.717) is 15.3 Å². The summed E-state index contributed by atoms with van der Waals surface area (Å²) in [4.78, 5) is 8.32. The fourth-order valence-electron chi connectivity index (χ4n) is 2.52. The fourth-order valence-corrected chi connectivity index (χ4v) is 3.35. The maximum atomic E-state index is 5.97. The molecule has 28 heavy (non-hydrogen) atoms. The quantitative estimate of drug-likeness (QED) is 0.292. The predicted octanol–water partition coefficient (Wildman–Crippen LogP) is 5.85. The van der Waals surface area contributed by atoms with Gasteiger partial charge in [-0.1, -0.05) is 46.9 Å². The smallest absolute Gasteiger partial charge is 0.154 e. The van der Waals surface area contributed by atoms with Crippen molar-refractivity contribution in [2.24, 2.45) is 0 Å². The third kappa shape index (κ3) is 3.98. The van der Waals surface area contributed by atoms with Crippen LogP contribution >= 0.6 is 50.7 Å². The first-order chi connectivity index (χ1) is 13.5. The van der Waals surface area contributed by atoms with Gasteiger partial charge in [0.1, 0.15) is 14.9 Å². The van der Waals surface area contributed by atoms with Gasteiger partial charge in [0, 0.05) is 10.6 Å². The largest absolute Gasteiger partial charge is 0.235 e. The summed E-state index contributed by atoms with van der Waals surface area (Å²) in [6, 6.07) is 14.6. The maximum absolute atomic E-state index is 5.97. The Balaban J connectivity index is 0.000000151. The highest BCUT2D eigenvalue weighted by Crippen LogP contribution is 2.23. The van der Waals surface area contributed by atoms with Crippen molar-refractivity contribution in [2.45, 2.75) is 0 Å². The molecule has 5 rings (SSSR count). The molecule has 0 fully saturated rings. The first-order valence-corrected chi connectivity index (χ1v) is 9.86. The second kappa shape index (κ2) is 8.05. The Morgan fingerprint density at radius 1 is 0.750 bits per heavy atom. The van der Waals surface area contributed by atoms with Crippen molar-refractivity contribution in [1.29, 1.82) is 0 Å². The van der Waals surface area contributed by atoms with Gasteiger partial charge in [-0.25, -0.2) is 19.0 Å². The lowest BCUT2D eigenvalue weighted by atomic mass is 10.2. The van der Waals surface area contributed by atoms with E-state index in [1.165, 1.54) is 0 Å². The molecule has 1 aromatic carbocycles. The van der Waals surface area contributed by atoms with E-state index in [4.69, 9.17) is 34.8 Å². The van der Waals surface area contributed by atoms with Crippen molar-refractivity contribution in [1.82, 2.24) is 29.2 Å². The topological polar surface area (TPSA) is 60.4 Å².